The summed E-state index contributed by atoms with van der Waals surface area (Å²) < 4.78 is 10.7. The molecule has 0 saturated carbocycles. The third kappa shape index (κ3) is 7.91. The van der Waals surface area contributed by atoms with Crippen molar-refractivity contribution in [2.75, 3.05) is 41.7 Å². The first-order chi connectivity index (χ1) is 20.9. The zero-order chi connectivity index (χ0) is 30.2. The van der Waals surface area contributed by atoms with Gasteiger partial charge in [0, 0.05) is 43.4 Å². The first kappa shape index (κ1) is 30.1. The molecule has 4 heterocycles. The fraction of sp³-hybridized carbons (Fsp3) is 0.469. The summed E-state index contributed by atoms with van der Waals surface area (Å²) in [4.78, 5) is 41.6. The van der Waals surface area contributed by atoms with E-state index in [9.17, 15) is 9.59 Å². The lowest BCUT2D eigenvalue weighted by atomic mass is 9.92. The number of nitrogens with zero attached hydrogens (tertiary/aromatic N) is 4. The van der Waals surface area contributed by atoms with Crippen LogP contribution in [-0.4, -0.2) is 65.3 Å². The van der Waals surface area contributed by atoms with Crippen LogP contribution in [0.3, 0.4) is 0 Å². The molecule has 3 aromatic rings. The highest BCUT2D eigenvalue weighted by Crippen LogP contribution is 2.33. The summed E-state index contributed by atoms with van der Waals surface area (Å²) in [5.74, 6) is 2.34. The van der Waals surface area contributed by atoms with Crippen molar-refractivity contribution in [3.63, 3.8) is 0 Å². The van der Waals surface area contributed by atoms with Gasteiger partial charge in [-0.3, -0.25) is 0 Å². The number of carbonyl (C=O) groups is 2. The van der Waals surface area contributed by atoms with Gasteiger partial charge in [-0.15, -0.1) is 0 Å². The highest BCUT2D eigenvalue weighted by molar-refractivity contribution is 5.82. The van der Waals surface area contributed by atoms with Crippen molar-refractivity contribution >= 4 is 29.5 Å². The number of fused-ring (bicyclic) bond motifs is 1. The summed E-state index contributed by atoms with van der Waals surface area (Å²) in [5, 5.41) is 9.31. The number of carbonyl (C=O) groups excluding carboxylic acids is 2. The number of ether oxygens (including phenoxy) is 2. The van der Waals surface area contributed by atoms with Crippen LogP contribution in [0.15, 0.2) is 48.8 Å². The largest absolute Gasteiger partial charge is 0.461 e. The lowest BCUT2D eigenvalue weighted by Gasteiger charge is -2.34. The first-order valence-electron chi connectivity index (χ1n) is 15.1. The number of benzene rings is 1. The van der Waals surface area contributed by atoms with Crippen molar-refractivity contribution in [1.82, 2.24) is 20.3 Å². The third-order valence-corrected chi connectivity index (χ3v) is 7.80. The van der Waals surface area contributed by atoms with Gasteiger partial charge in [-0.25, -0.2) is 24.5 Å². The smallest absolute Gasteiger partial charge is 0.408 e. The predicted molar refractivity (Wildman–Crippen MR) is 165 cm³/mol. The Bertz CT molecular complexity index is 1390. The standard InChI is InChI=1S/C32H41N7O4/c1-21(2)43-31(40)27(38-32(41)42-19-23-8-5-4-6-9-23)18-34-28-22(3)30(36-20-35-28)39-16-13-24(14-17-39)26-12-11-25-10-7-15-33-29(25)37-26/h4-6,8-9,11-12,20-21,24,27H,7,10,13-19H2,1-3H3,(H,33,37)(H,38,41)(H,34,35,36)/t27-/m0/s1. The van der Waals surface area contributed by atoms with Gasteiger partial charge in [0.15, 0.2) is 0 Å². The Morgan fingerprint density at radius 1 is 1.09 bits per heavy atom. The second kappa shape index (κ2) is 14.2. The number of hydrogen-bond acceptors (Lipinski definition) is 10. The molecule has 5 rings (SSSR count). The number of aromatic nitrogens is 3. The maximum atomic E-state index is 12.8. The molecule has 2 aromatic heterocycles. The quantitative estimate of drug-likeness (QED) is 0.290. The van der Waals surface area contributed by atoms with E-state index in [0.29, 0.717) is 11.7 Å². The average molecular weight is 588 g/mol. The number of pyridine rings is 1. The van der Waals surface area contributed by atoms with Gasteiger partial charge in [0.05, 0.1) is 6.10 Å². The molecule has 1 amide bonds. The Labute approximate surface area is 252 Å². The molecule has 0 bridgehead atoms. The van der Waals surface area contributed by atoms with E-state index in [1.54, 1.807) is 13.8 Å². The topological polar surface area (TPSA) is 131 Å². The van der Waals surface area contributed by atoms with Crippen LogP contribution in [-0.2, 0) is 27.3 Å². The normalized spacial score (nSPS) is 15.7. The Kier molecular flexibility index (Phi) is 9.91. The summed E-state index contributed by atoms with van der Waals surface area (Å²) >= 11 is 0. The van der Waals surface area contributed by atoms with Crippen LogP contribution < -0.4 is 20.9 Å². The molecule has 3 N–H and O–H groups in total. The molecule has 43 heavy (non-hydrogen) atoms. The van der Waals surface area contributed by atoms with Gasteiger partial charge in [-0.2, -0.15) is 0 Å². The summed E-state index contributed by atoms with van der Waals surface area (Å²) in [7, 11) is 0. The van der Waals surface area contributed by atoms with E-state index < -0.39 is 18.1 Å². The molecule has 1 saturated heterocycles. The molecule has 11 heteroatoms. The van der Waals surface area contributed by atoms with Crippen LogP contribution >= 0.6 is 0 Å². The number of nitrogens with one attached hydrogen (secondary N) is 3. The molecule has 0 unspecified atom stereocenters. The van der Waals surface area contributed by atoms with Crippen LogP contribution in [0.2, 0.25) is 0 Å². The van der Waals surface area contributed by atoms with Gasteiger partial charge in [0.1, 0.15) is 36.4 Å². The number of amides is 1. The van der Waals surface area contributed by atoms with Crippen LogP contribution in [0.4, 0.5) is 22.2 Å². The van der Waals surface area contributed by atoms with Crippen LogP contribution in [0.1, 0.15) is 61.4 Å². The molecule has 2 aliphatic heterocycles. The molecule has 0 aliphatic carbocycles. The third-order valence-electron chi connectivity index (χ3n) is 7.80. The molecular weight excluding hydrogens is 546 g/mol. The van der Waals surface area contributed by atoms with Crippen molar-refractivity contribution in [1.29, 1.82) is 0 Å². The zero-order valence-electron chi connectivity index (χ0n) is 25.1. The summed E-state index contributed by atoms with van der Waals surface area (Å²) in [6, 6.07) is 12.8. The highest BCUT2D eigenvalue weighted by atomic mass is 16.6. The minimum atomic E-state index is -0.974. The van der Waals surface area contributed by atoms with E-state index in [1.165, 1.54) is 11.9 Å². The zero-order valence-corrected chi connectivity index (χ0v) is 25.1. The van der Waals surface area contributed by atoms with E-state index in [4.69, 9.17) is 14.5 Å². The van der Waals surface area contributed by atoms with Gasteiger partial charge >= 0.3 is 12.1 Å². The lowest BCUT2D eigenvalue weighted by Crippen LogP contribution is -2.47. The molecule has 0 spiro atoms. The Morgan fingerprint density at radius 2 is 1.88 bits per heavy atom. The molecule has 11 nitrogen and oxygen atoms in total. The summed E-state index contributed by atoms with van der Waals surface area (Å²) in [6.45, 7) is 8.35. The van der Waals surface area contributed by atoms with Gasteiger partial charge in [-0.05, 0) is 63.6 Å². The summed E-state index contributed by atoms with van der Waals surface area (Å²) in [6.07, 6.45) is 4.69. The van der Waals surface area contributed by atoms with Gasteiger partial charge in [0.25, 0.3) is 0 Å². The molecule has 1 aromatic carbocycles. The first-order valence-corrected chi connectivity index (χ1v) is 15.1. The maximum absolute atomic E-state index is 12.8. The fourth-order valence-corrected chi connectivity index (χ4v) is 5.51. The molecule has 1 fully saturated rings. The number of esters is 1. The van der Waals surface area contributed by atoms with Crippen molar-refractivity contribution in [2.24, 2.45) is 0 Å². The highest BCUT2D eigenvalue weighted by Gasteiger charge is 2.27. The summed E-state index contributed by atoms with van der Waals surface area (Å²) in [5.41, 5.74) is 4.19. The number of rotatable bonds is 10. The minimum absolute atomic E-state index is 0.0728. The Morgan fingerprint density at radius 3 is 2.65 bits per heavy atom. The van der Waals surface area contributed by atoms with Crippen molar-refractivity contribution in [2.45, 2.75) is 71.1 Å². The SMILES string of the molecule is Cc1c(NC[C@H](NC(=O)OCc2ccccc2)C(=O)OC(C)C)ncnc1N1CCC(c2ccc3c(n2)NCCC3)CC1. The molecular formula is C32H41N7O4. The van der Waals surface area contributed by atoms with Crippen LogP contribution in [0.25, 0.3) is 0 Å². The number of piperidine rings is 1. The number of anilines is 3. The van der Waals surface area contributed by atoms with Crippen molar-refractivity contribution in [3.8, 4) is 0 Å². The van der Waals surface area contributed by atoms with E-state index in [1.807, 2.05) is 37.3 Å². The Hall–Kier alpha value is -4.41. The fourth-order valence-electron chi connectivity index (χ4n) is 5.51. The average Bonchev–Trinajstić information content (AvgIpc) is 3.02. The predicted octanol–water partition coefficient (Wildman–Crippen LogP) is 4.58. The molecule has 228 valence electrons. The van der Waals surface area contributed by atoms with Crippen LogP contribution in [0.5, 0.6) is 0 Å². The maximum Gasteiger partial charge on any atom is 0.408 e. The molecule has 1 atom stereocenters. The van der Waals surface area contributed by atoms with Crippen molar-refractivity contribution in [3.05, 3.63) is 71.2 Å². The number of aryl methyl sites for hydroxylation is 1. The second-order valence-corrected chi connectivity index (χ2v) is 11.3. The number of alkyl carbamates (subject to hydrolysis) is 1. The Balaban J connectivity index is 1.19. The van der Waals surface area contributed by atoms with Gasteiger partial charge in [0.2, 0.25) is 0 Å². The lowest BCUT2D eigenvalue weighted by molar-refractivity contribution is -0.149. The van der Waals surface area contributed by atoms with Crippen molar-refractivity contribution < 1.29 is 19.1 Å². The van der Waals surface area contributed by atoms with E-state index in [0.717, 1.165) is 73.8 Å². The molecule has 2 aliphatic rings. The van der Waals surface area contributed by atoms with E-state index >= 15 is 0 Å². The molecule has 0 radical (unpaired) electrons. The van der Waals surface area contributed by atoms with E-state index in [-0.39, 0.29) is 19.3 Å². The van der Waals surface area contributed by atoms with E-state index in [2.05, 4.69) is 43.0 Å². The minimum Gasteiger partial charge on any atom is -0.461 e. The monoisotopic (exact) mass is 587 g/mol. The second-order valence-electron chi connectivity index (χ2n) is 11.3. The van der Waals surface area contributed by atoms with Gasteiger partial charge in [-0.1, -0.05) is 36.4 Å². The van der Waals surface area contributed by atoms with Gasteiger partial charge < -0.3 is 30.3 Å². The van der Waals surface area contributed by atoms with Crippen LogP contribution in [0, 0.1) is 6.92 Å². The number of hydrogen-bond donors (Lipinski definition) is 3.